The molecule has 210 valence electrons. The molecule has 1 amide bonds. The number of carbonyl (C=O) groups excluding carboxylic acids is 2. The summed E-state index contributed by atoms with van der Waals surface area (Å²) in [5.41, 5.74) is 0.439. The van der Waals surface area contributed by atoms with E-state index in [0.717, 1.165) is 64.1 Å². The van der Waals surface area contributed by atoms with Crippen LogP contribution in [0.15, 0.2) is 36.4 Å². The van der Waals surface area contributed by atoms with Crippen molar-refractivity contribution in [2.75, 3.05) is 12.4 Å². The third kappa shape index (κ3) is 5.45. The number of aldehydes is 1. The zero-order chi connectivity index (χ0) is 27.6. The average molecular weight is 575 g/mol. The zero-order valence-corrected chi connectivity index (χ0v) is 24.0. The van der Waals surface area contributed by atoms with Crippen LogP contribution in [0.25, 0.3) is 0 Å². The predicted octanol–water partition coefficient (Wildman–Crippen LogP) is 6.76. The predicted molar refractivity (Wildman–Crippen MR) is 155 cm³/mol. The van der Waals surface area contributed by atoms with Gasteiger partial charge in [-0.25, -0.2) is 4.39 Å². The SMILES string of the molecule is CNc1cc(Cl)ccc1C1(C=O)C(CC2CCCC2)NC(C(=O)NC2CCCCC2)C1c1cccc(Cl)c1F. The highest BCUT2D eigenvalue weighted by Crippen LogP contribution is 2.53. The summed E-state index contributed by atoms with van der Waals surface area (Å²) in [4.78, 5) is 27.7. The monoisotopic (exact) mass is 573 g/mol. The van der Waals surface area contributed by atoms with Gasteiger partial charge in [-0.2, -0.15) is 0 Å². The summed E-state index contributed by atoms with van der Waals surface area (Å²) in [7, 11) is 1.78. The number of nitrogens with one attached hydrogen (secondary N) is 3. The Balaban J connectivity index is 1.68. The first-order valence-corrected chi connectivity index (χ1v) is 15.1. The first-order chi connectivity index (χ1) is 18.9. The minimum absolute atomic E-state index is 0.0251. The Hall–Kier alpha value is -2.15. The molecule has 1 heterocycles. The Labute approximate surface area is 240 Å². The molecule has 3 aliphatic rings. The van der Waals surface area contributed by atoms with Crippen molar-refractivity contribution in [3.63, 3.8) is 0 Å². The first-order valence-electron chi connectivity index (χ1n) is 14.3. The molecule has 2 aliphatic carbocycles. The van der Waals surface area contributed by atoms with Gasteiger partial charge >= 0.3 is 0 Å². The van der Waals surface area contributed by atoms with E-state index in [-0.39, 0.29) is 28.6 Å². The smallest absolute Gasteiger partial charge is 0.238 e. The molecule has 0 radical (unpaired) electrons. The highest BCUT2D eigenvalue weighted by molar-refractivity contribution is 6.31. The average Bonchev–Trinajstić information content (AvgIpc) is 3.57. The largest absolute Gasteiger partial charge is 0.388 e. The fourth-order valence-corrected chi connectivity index (χ4v) is 7.78. The van der Waals surface area contributed by atoms with Crippen LogP contribution in [0.1, 0.15) is 81.3 Å². The molecule has 2 saturated carbocycles. The van der Waals surface area contributed by atoms with Crippen molar-refractivity contribution in [2.24, 2.45) is 5.92 Å². The van der Waals surface area contributed by atoms with Gasteiger partial charge in [-0.15, -0.1) is 0 Å². The third-order valence-corrected chi connectivity index (χ3v) is 9.84. The summed E-state index contributed by atoms with van der Waals surface area (Å²) >= 11 is 12.7. The number of carbonyl (C=O) groups is 2. The number of anilines is 1. The lowest BCUT2D eigenvalue weighted by atomic mass is 9.63. The molecule has 3 fully saturated rings. The fourth-order valence-electron chi connectivity index (χ4n) is 7.42. The lowest BCUT2D eigenvalue weighted by molar-refractivity contribution is -0.124. The third-order valence-electron chi connectivity index (χ3n) is 9.31. The van der Waals surface area contributed by atoms with E-state index in [1.54, 1.807) is 31.3 Å². The molecule has 4 unspecified atom stereocenters. The molecule has 0 spiro atoms. The summed E-state index contributed by atoms with van der Waals surface area (Å²) in [6.07, 6.45) is 11.3. The first kappa shape index (κ1) is 28.4. The summed E-state index contributed by atoms with van der Waals surface area (Å²) in [6.45, 7) is 0. The van der Waals surface area contributed by atoms with Crippen LogP contribution >= 0.6 is 23.2 Å². The van der Waals surface area contributed by atoms with Crippen molar-refractivity contribution in [3.05, 3.63) is 63.4 Å². The highest BCUT2D eigenvalue weighted by Gasteiger charge is 2.60. The second kappa shape index (κ2) is 12.2. The molecular formula is C31H38Cl2FN3O2. The molecule has 5 nitrogen and oxygen atoms in total. The standard InChI is InChI=1S/C31H38Cl2FN3O2/c1-35-25-17-20(32)14-15-23(25)31(18-38)26(16-19-8-5-6-9-19)37-29(30(39)36-21-10-3-2-4-11-21)27(31)22-12-7-13-24(33)28(22)34/h7,12-15,17-19,21,26-27,29,35,37H,2-6,8-11,16H2,1H3,(H,36,39). The summed E-state index contributed by atoms with van der Waals surface area (Å²) < 4.78 is 15.9. The van der Waals surface area contributed by atoms with Crippen molar-refractivity contribution in [1.82, 2.24) is 10.6 Å². The second-order valence-corrected chi connectivity index (χ2v) is 12.4. The maximum Gasteiger partial charge on any atom is 0.238 e. The van der Waals surface area contributed by atoms with Crippen LogP contribution < -0.4 is 16.0 Å². The molecule has 4 atom stereocenters. The Morgan fingerprint density at radius 2 is 1.79 bits per heavy atom. The van der Waals surface area contributed by atoms with E-state index in [0.29, 0.717) is 22.2 Å². The molecular weight excluding hydrogens is 536 g/mol. The number of hydrogen-bond donors (Lipinski definition) is 3. The van der Waals surface area contributed by atoms with Gasteiger partial charge in [0.25, 0.3) is 0 Å². The Kier molecular flexibility index (Phi) is 8.85. The van der Waals surface area contributed by atoms with Gasteiger partial charge in [0.2, 0.25) is 5.91 Å². The maximum absolute atomic E-state index is 15.9. The van der Waals surface area contributed by atoms with Gasteiger partial charge in [-0.1, -0.05) is 86.3 Å². The van der Waals surface area contributed by atoms with Gasteiger partial charge in [0.1, 0.15) is 12.1 Å². The Bertz CT molecular complexity index is 1200. The van der Waals surface area contributed by atoms with Crippen LogP contribution in [-0.4, -0.2) is 37.4 Å². The highest BCUT2D eigenvalue weighted by atomic mass is 35.5. The second-order valence-electron chi connectivity index (χ2n) is 11.5. The van der Waals surface area contributed by atoms with Gasteiger partial charge in [-0.3, -0.25) is 4.79 Å². The maximum atomic E-state index is 15.9. The van der Waals surface area contributed by atoms with Crippen molar-refractivity contribution in [1.29, 1.82) is 0 Å². The molecule has 0 bridgehead atoms. The topological polar surface area (TPSA) is 70.2 Å². The molecule has 8 heteroatoms. The van der Waals surface area contributed by atoms with E-state index in [9.17, 15) is 9.59 Å². The normalized spacial score (nSPS) is 27.9. The van der Waals surface area contributed by atoms with Crippen LogP contribution in [0.3, 0.4) is 0 Å². The number of amides is 1. The Morgan fingerprint density at radius 3 is 2.49 bits per heavy atom. The van der Waals surface area contributed by atoms with E-state index >= 15 is 4.39 Å². The number of hydrogen-bond acceptors (Lipinski definition) is 4. The number of halogens is 3. The van der Waals surface area contributed by atoms with Crippen LogP contribution in [0.5, 0.6) is 0 Å². The zero-order valence-electron chi connectivity index (χ0n) is 22.4. The molecule has 1 saturated heterocycles. The summed E-state index contributed by atoms with van der Waals surface area (Å²) in [5, 5.41) is 10.6. The molecule has 5 rings (SSSR count). The van der Waals surface area contributed by atoms with Gasteiger partial charge < -0.3 is 20.7 Å². The van der Waals surface area contributed by atoms with E-state index in [1.165, 1.54) is 12.5 Å². The van der Waals surface area contributed by atoms with Gasteiger partial charge in [0.15, 0.2) is 0 Å². The van der Waals surface area contributed by atoms with Crippen molar-refractivity contribution >= 4 is 41.1 Å². The fraction of sp³-hybridized carbons (Fsp3) is 0.548. The van der Waals surface area contributed by atoms with Crippen LogP contribution in [0.2, 0.25) is 10.0 Å². The lowest BCUT2D eigenvalue weighted by Gasteiger charge is -2.38. The van der Waals surface area contributed by atoms with Gasteiger partial charge in [0.05, 0.1) is 16.5 Å². The Morgan fingerprint density at radius 1 is 1.08 bits per heavy atom. The van der Waals surface area contributed by atoms with E-state index in [1.807, 2.05) is 6.07 Å². The summed E-state index contributed by atoms with van der Waals surface area (Å²) in [6, 6.07) is 9.15. The van der Waals surface area contributed by atoms with E-state index in [2.05, 4.69) is 16.0 Å². The van der Waals surface area contributed by atoms with Crippen molar-refractivity contribution < 1.29 is 14.0 Å². The van der Waals surface area contributed by atoms with Gasteiger partial charge in [0, 0.05) is 35.8 Å². The molecule has 39 heavy (non-hydrogen) atoms. The van der Waals surface area contributed by atoms with Crippen LogP contribution in [0.4, 0.5) is 10.1 Å². The van der Waals surface area contributed by atoms with Crippen LogP contribution in [0, 0.1) is 11.7 Å². The summed E-state index contributed by atoms with van der Waals surface area (Å²) in [5.74, 6) is -1.16. The molecule has 0 aromatic heterocycles. The minimum Gasteiger partial charge on any atom is -0.388 e. The van der Waals surface area contributed by atoms with E-state index in [4.69, 9.17) is 23.2 Å². The molecule has 2 aromatic carbocycles. The quantitative estimate of drug-likeness (QED) is 0.305. The van der Waals surface area contributed by atoms with Crippen LogP contribution in [-0.2, 0) is 15.0 Å². The lowest BCUT2D eigenvalue weighted by Crippen LogP contribution is -2.49. The van der Waals surface area contributed by atoms with Crippen molar-refractivity contribution in [2.45, 2.75) is 93.7 Å². The minimum atomic E-state index is -1.23. The number of benzene rings is 2. The molecule has 3 N–H and O–H groups in total. The molecule has 1 aliphatic heterocycles. The van der Waals surface area contributed by atoms with E-state index < -0.39 is 23.2 Å². The molecule has 2 aromatic rings. The number of rotatable bonds is 8. The van der Waals surface area contributed by atoms with Crippen molar-refractivity contribution in [3.8, 4) is 0 Å². The van der Waals surface area contributed by atoms with Gasteiger partial charge in [-0.05, 0) is 54.5 Å².